The zero-order valence-electron chi connectivity index (χ0n) is 17.7. The molecule has 1 fully saturated rings. The van der Waals surface area contributed by atoms with Gasteiger partial charge < -0.3 is 24.6 Å². The van der Waals surface area contributed by atoms with E-state index in [-0.39, 0.29) is 12.5 Å². The van der Waals surface area contributed by atoms with Crippen molar-refractivity contribution in [3.05, 3.63) is 78.9 Å². The lowest BCUT2D eigenvalue weighted by molar-refractivity contribution is -0.129. The van der Waals surface area contributed by atoms with Gasteiger partial charge in [0.25, 0.3) is 0 Å². The number of nitrogens with zero attached hydrogens (tertiary/aromatic N) is 2. The smallest absolute Gasteiger partial charge is 0.241 e. The first kappa shape index (κ1) is 20.6. The maximum Gasteiger partial charge on any atom is 0.241 e. The molecule has 1 aliphatic rings. The van der Waals surface area contributed by atoms with Crippen LogP contribution in [0.5, 0.6) is 17.2 Å². The summed E-state index contributed by atoms with van der Waals surface area (Å²) in [6.07, 6.45) is 0. The highest BCUT2D eigenvalue weighted by molar-refractivity contribution is 5.81. The Morgan fingerprint density at radius 2 is 1.52 bits per heavy atom. The SMILES string of the molecule is COc1ccc(N2CCN(C(=O)CNc3ccccc3Oc3ccccc3)CC2)cc1. The Bertz CT molecular complexity index is 984. The monoisotopic (exact) mass is 417 g/mol. The molecule has 6 heteroatoms. The third-order valence-corrected chi connectivity index (χ3v) is 5.36. The molecule has 0 atom stereocenters. The van der Waals surface area contributed by atoms with E-state index in [1.54, 1.807) is 7.11 Å². The number of para-hydroxylation sites is 3. The van der Waals surface area contributed by atoms with E-state index in [9.17, 15) is 4.79 Å². The van der Waals surface area contributed by atoms with Gasteiger partial charge in [-0.1, -0.05) is 30.3 Å². The van der Waals surface area contributed by atoms with Crippen molar-refractivity contribution in [1.29, 1.82) is 0 Å². The molecule has 4 rings (SSSR count). The van der Waals surface area contributed by atoms with Crippen LogP contribution in [0.15, 0.2) is 78.9 Å². The molecule has 0 saturated carbocycles. The second-order valence-electron chi connectivity index (χ2n) is 7.33. The van der Waals surface area contributed by atoms with Crippen LogP contribution in [-0.2, 0) is 4.79 Å². The Morgan fingerprint density at radius 3 is 2.23 bits per heavy atom. The van der Waals surface area contributed by atoms with Crippen molar-refractivity contribution in [2.24, 2.45) is 0 Å². The molecule has 1 heterocycles. The van der Waals surface area contributed by atoms with Crippen LogP contribution in [0.25, 0.3) is 0 Å². The van der Waals surface area contributed by atoms with Gasteiger partial charge in [0, 0.05) is 31.9 Å². The van der Waals surface area contributed by atoms with Gasteiger partial charge in [-0.05, 0) is 48.5 Å². The van der Waals surface area contributed by atoms with Crippen molar-refractivity contribution in [3.63, 3.8) is 0 Å². The minimum atomic E-state index is 0.0869. The molecule has 1 N–H and O–H groups in total. The number of carbonyl (C=O) groups excluding carboxylic acids is 1. The molecular weight excluding hydrogens is 390 g/mol. The van der Waals surface area contributed by atoms with Crippen LogP contribution in [0, 0.1) is 0 Å². The highest BCUT2D eigenvalue weighted by atomic mass is 16.5. The number of anilines is 2. The first-order chi connectivity index (χ1) is 15.2. The van der Waals surface area contributed by atoms with Crippen LogP contribution < -0.4 is 19.7 Å². The summed E-state index contributed by atoms with van der Waals surface area (Å²) in [5.41, 5.74) is 1.95. The standard InChI is InChI=1S/C25H27N3O3/c1-30-21-13-11-20(12-14-21)27-15-17-28(18-16-27)25(29)19-26-23-9-5-6-10-24(23)31-22-7-3-2-4-8-22/h2-14,26H,15-19H2,1H3. The molecule has 0 spiro atoms. The molecular formula is C25H27N3O3. The van der Waals surface area contributed by atoms with E-state index in [1.165, 1.54) is 0 Å². The Hall–Kier alpha value is -3.67. The van der Waals surface area contributed by atoms with Gasteiger partial charge in [0.05, 0.1) is 19.3 Å². The van der Waals surface area contributed by atoms with Crippen LogP contribution >= 0.6 is 0 Å². The Kier molecular flexibility index (Phi) is 6.57. The van der Waals surface area contributed by atoms with Crippen molar-refractivity contribution in [1.82, 2.24) is 4.90 Å². The summed E-state index contributed by atoms with van der Waals surface area (Å²) in [5, 5.41) is 3.24. The normalized spacial score (nSPS) is 13.6. The third kappa shape index (κ3) is 5.28. The lowest BCUT2D eigenvalue weighted by Crippen LogP contribution is -2.50. The number of nitrogens with one attached hydrogen (secondary N) is 1. The molecule has 6 nitrogen and oxygen atoms in total. The van der Waals surface area contributed by atoms with E-state index >= 15 is 0 Å². The van der Waals surface area contributed by atoms with E-state index in [4.69, 9.17) is 9.47 Å². The van der Waals surface area contributed by atoms with Crippen LogP contribution in [0.4, 0.5) is 11.4 Å². The largest absolute Gasteiger partial charge is 0.497 e. The minimum absolute atomic E-state index is 0.0869. The van der Waals surface area contributed by atoms with E-state index in [0.29, 0.717) is 18.8 Å². The number of carbonyl (C=O) groups is 1. The average Bonchev–Trinajstić information content (AvgIpc) is 2.84. The summed E-state index contributed by atoms with van der Waals surface area (Å²) in [5.74, 6) is 2.40. The molecule has 3 aromatic carbocycles. The number of rotatable bonds is 7. The Balaban J connectivity index is 1.30. The molecule has 0 unspecified atom stereocenters. The van der Waals surface area contributed by atoms with Crippen LogP contribution in [-0.4, -0.2) is 50.6 Å². The van der Waals surface area contributed by atoms with Gasteiger partial charge in [-0.15, -0.1) is 0 Å². The zero-order chi connectivity index (χ0) is 21.5. The number of ether oxygens (including phenoxy) is 2. The quantitative estimate of drug-likeness (QED) is 0.623. The maximum atomic E-state index is 12.8. The Morgan fingerprint density at radius 1 is 0.839 bits per heavy atom. The second kappa shape index (κ2) is 9.89. The lowest BCUT2D eigenvalue weighted by Gasteiger charge is -2.36. The second-order valence-corrected chi connectivity index (χ2v) is 7.33. The number of benzene rings is 3. The van der Waals surface area contributed by atoms with E-state index in [0.717, 1.165) is 36.0 Å². The van der Waals surface area contributed by atoms with Crippen molar-refractivity contribution >= 4 is 17.3 Å². The number of methoxy groups -OCH3 is 1. The number of hydrogen-bond acceptors (Lipinski definition) is 5. The molecule has 0 bridgehead atoms. The summed E-state index contributed by atoms with van der Waals surface area (Å²) < 4.78 is 11.2. The van der Waals surface area contributed by atoms with Crippen molar-refractivity contribution in [2.75, 3.05) is 50.1 Å². The molecule has 0 radical (unpaired) electrons. The van der Waals surface area contributed by atoms with Gasteiger partial charge in [0.2, 0.25) is 5.91 Å². The predicted molar refractivity (Wildman–Crippen MR) is 123 cm³/mol. The van der Waals surface area contributed by atoms with Crippen LogP contribution in [0.1, 0.15) is 0 Å². The summed E-state index contributed by atoms with van der Waals surface area (Å²) in [6, 6.07) is 25.3. The number of hydrogen-bond donors (Lipinski definition) is 1. The third-order valence-electron chi connectivity index (χ3n) is 5.36. The van der Waals surface area contributed by atoms with E-state index < -0.39 is 0 Å². The fourth-order valence-electron chi connectivity index (χ4n) is 3.61. The van der Waals surface area contributed by atoms with Crippen LogP contribution in [0.2, 0.25) is 0 Å². The van der Waals surface area contributed by atoms with E-state index in [2.05, 4.69) is 22.3 Å². The topological polar surface area (TPSA) is 54.0 Å². The first-order valence-electron chi connectivity index (χ1n) is 10.5. The van der Waals surface area contributed by atoms with Gasteiger partial charge in [0.1, 0.15) is 11.5 Å². The maximum absolute atomic E-state index is 12.8. The average molecular weight is 418 g/mol. The van der Waals surface area contributed by atoms with E-state index in [1.807, 2.05) is 71.6 Å². The van der Waals surface area contributed by atoms with Crippen molar-refractivity contribution in [2.45, 2.75) is 0 Å². The fraction of sp³-hybridized carbons (Fsp3) is 0.240. The predicted octanol–water partition coefficient (Wildman–Crippen LogP) is 4.25. The number of amides is 1. The fourth-order valence-corrected chi connectivity index (χ4v) is 3.61. The zero-order valence-corrected chi connectivity index (χ0v) is 17.7. The van der Waals surface area contributed by atoms with Gasteiger partial charge in [0.15, 0.2) is 5.75 Å². The highest BCUT2D eigenvalue weighted by Gasteiger charge is 2.21. The lowest BCUT2D eigenvalue weighted by atomic mass is 10.2. The summed E-state index contributed by atoms with van der Waals surface area (Å²) in [6.45, 7) is 3.26. The highest BCUT2D eigenvalue weighted by Crippen LogP contribution is 2.29. The summed E-state index contributed by atoms with van der Waals surface area (Å²) in [7, 11) is 1.67. The molecule has 1 amide bonds. The molecule has 3 aromatic rings. The van der Waals surface area contributed by atoms with Gasteiger partial charge in [-0.2, -0.15) is 0 Å². The van der Waals surface area contributed by atoms with Gasteiger partial charge >= 0.3 is 0 Å². The number of piperazine rings is 1. The van der Waals surface area contributed by atoms with Crippen LogP contribution in [0.3, 0.4) is 0 Å². The molecule has 0 aliphatic carbocycles. The Labute approximate surface area is 183 Å². The minimum Gasteiger partial charge on any atom is -0.497 e. The first-order valence-corrected chi connectivity index (χ1v) is 10.5. The van der Waals surface area contributed by atoms with Crippen molar-refractivity contribution in [3.8, 4) is 17.2 Å². The summed E-state index contributed by atoms with van der Waals surface area (Å²) in [4.78, 5) is 17.0. The van der Waals surface area contributed by atoms with Crippen molar-refractivity contribution < 1.29 is 14.3 Å². The molecule has 1 aliphatic heterocycles. The molecule has 0 aromatic heterocycles. The molecule has 160 valence electrons. The molecule has 1 saturated heterocycles. The van der Waals surface area contributed by atoms with Gasteiger partial charge in [-0.3, -0.25) is 4.79 Å². The summed E-state index contributed by atoms with van der Waals surface area (Å²) >= 11 is 0. The van der Waals surface area contributed by atoms with Gasteiger partial charge in [-0.25, -0.2) is 0 Å². The molecule has 31 heavy (non-hydrogen) atoms.